The molecule has 0 radical (unpaired) electrons. The number of benzene rings is 1. The fourth-order valence-electron chi connectivity index (χ4n) is 2.58. The largest absolute Gasteiger partial charge is 0.416 e. The van der Waals surface area contributed by atoms with E-state index in [9.17, 15) is 13.2 Å². The second-order valence-electron chi connectivity index (χ2n) is 5.66. The van der Waals surface area contributed by atoms with E-state index < -0.39 is 11.7 Å². The minimum atomic E-state index is -4.27. The SMILES string of the molecule is CC1(C)CCCC1Nc1cccc(C(F)(F)F)c1. The predicted octanol–water partition coefficient (Wildman–Crippen LogP) is 4.70. The van der Waals surface area contributed by atoms with Crippen LogP contribution in [0, 0.1) is 5.41 Å². The van der Waals surface area contributed by atoms with E-state index in [-0.39, 0.29) is 11.5 Å². The summed E-state index contributed by atoms with van der Waals surface area (Å²) in [4.78, 5) is 0. The Morgan fingerprint density at radius 2 is 2.00 bits per heavy atom. The van der Waals surface area contributed by atoms with Gasteiger partial charge in [-0.25, -0.2) is 0 Å². The highest BCUT2D eigenvalue weighted by Crippen LogP contribution is 2.39. The summed E-state index contributed by atoms with van der Waals surface area (Å²) in [6.07, 6.45) is -1.01. The molecule has 0 aliphatic heterocycles. The van der Waals surface area contributed by atoms with E-state index in [4.69, 9.17) is 0 Å². The molecule has 1 saturated carbocycles. The molecule has 100 valence electrons. The summed E-state index contributed by atoms with van der Waals surface area (Å²) in [5.74, 6) is 0. The van der Waals surface area contributed by atoms with Crippen LogP contribution in [0.2, 0.25) is 0 Å². The molecule has 18 heavy (non-hydrogen) atoms. The molecule has 0 heterocycles. The van der Waals surface area contributed by atoms with Crippen molar-refractivity contribution in [1.82, 2.24) is 0 Å². The lowest BCUT2D eigenvalue weighted by molar-refractivity contribution is -0.137. The fraction of sp³-hybridized carbons (Fsp3) is 0.571. The number of halogens is 3. The predicted molar refractivity (Wildman–Crippen MR) is 66.5 cm³/mol. The standard InChI is InChI=1S/C14H18F3N/c1-13(2)8-4-7-12(13)18-11-6-3-5-10(9-11)14(15,16)17/h3,5-6,9,12,18H,4,7-8H2,1-2H3. The minimum Gasteiger partial charge on any atom is -0.382 e. The lowest BCUT2D eigenvalue weighted by atomic mass is 9.87. The van der Waals surface area contributed by atoms with E-state index in [0.717, 1.165) is 25.3 Å². The highest BCUT2D eigenvalue weighted by Gasteiger charge is 2.35. The highest BCUT2D eigenvalue weighted by molar-refractivity contribution is 5.47. The molecule has 1 aromatic rings. The summed E-state index contributed by atoms with van der Waals surface area (Å²) >= 11 is 0. The maximum Gasteiger partial charge on any atom is 0.416 e. The van der Waals surface area contributed by atoms with Crippen LogP contribution < -0.4 is 5.32 Å². The zero-order valence-electron chi connectivity index (χ0n) is 10.6. The highest BCUT2D eigenvalue weighted by atomic mass is 19.4. The molecule has 1 aliphatic carbocycles. The van der Waals surface area contributed by atoms with Gasteiger partial charge in [0.2, 0.25) is 0 Å². The molecule has 1 atom stereocenters. The number of hydrogen-bond donors (Lipinski definition) is 1. The van der Waals surface area contributed by atoms with Crippen molar-refractivity contribution in [3.8, 4) is 0 Å². The van der Waals surface area contributed by atoms with Crippen molar-refractivity contribution in [2.75, 3.05) is 5.32 Å². The van der Waals surface area contributed by atoms with Crippen LogP contribution in [0.4, 0.5) is 18.9 Å². The molecule has 1 fully saturated rings. The summed E-state index contributed by atoms with van der Waals surface area (Å²) < 4.78 is 37.8. The smallest absolute Gasteiger partial charge is 0.382 e. The third-order valence-electron chi connectivity index (χ3n) is 3.79. The Kier molecular flexibility index (Phi) is 3.30. The Morgan fingerprint density at radius 1 is 1.28 bits per heavy atom. The third-order valence-corrected chi connectivity index (χ3v) is 3.79. The van der Waals surface area contributed by atoms with Gasteiger partial charge in [-0.1, -0.05) is 26.3 Å². The molecule has 1 unspecified atom stereocenters. The van der Waals surface area contributed by atoms with Crippen LogP contribution in [0.3, 0.4) is 0 Å². The molecule has 4 heteroatoms. The van der Waals surface area contributed by atoms with Crippen LogP contribution in [0.25, 0.3) is 0 Å². The van der Waals surface area contributed by atoms with Crippen molar-refractivity contribution in [3.63, 3.8) is 0 Å². The average Bonchev–Trinajstić information content (AvgIpc) is 2.58. The van der Waals surface area contributed by atoms with Crippen LogP contribution in [0.15, 0.2) is 24.3 Å². The molecule has 0 amide bonds. The quantitative estimate of drug-likeness (QED) is 0.810. The van der Waals surface area contributed by atoms with Gasteiger partial charge in [0, 0.05) is 11.7 Å². The monoisotopic (exact) mass is 257 g/mol. The van der Waals surface area contributed by atoms with Gasteiger partial charge in [-0.3, -0.25) is 0 Å². The van der Waals surface area contributed by atoms with Crippen LogP contribution in [0.5, 0.6) is 0 Å². The van der Waals surface area contributed by atoms with Gasteiger partial charge < -0.3 is 5.32 Å². The van der Waals surface area contributed by atoms with E-state index >= 15 is 0 Å². The van der Waals surface area contributed by atoms with Gasteiger partial charge in [-0.05, 0) is 36.5 Å². The first-order chi connectivity index (χ1) is 8.29. The van der Waals surface area contributed by atoms with Crippen molar-refractivity contribution in [1.29, 1.82) is 0 Å². The maximum absolute atomic E-state index is 12.6. The Hall–Kier alpha value is -1.19. The van der Waals surface area contributed by atoms with Crippen LogP contribution in [-0.2, 0) is 6.18 Å². The van der Waals surface area contributed by atoms with Crippen molar-refractivity contribution >= 4 is 5.69 Å². The number of hydrogen-bond acceptors (Lipinski definition) is 1. The summed E-state index contributed by atoms with van der Waals surface area (Å²) in [7, 11) is 0. The lowest BCUT2D eigenvalue weighted by Crippen LogP contribution is -2.30. The maximum atomic E-state index is 12.6. The van der Waals surface area contributed by atoms with Crippen molar-refractivity contribution < 1.29 is 13.2 Å². The van der Waals surface area contributed by atoms with Crippen molar-refractivity contribution in [2.45, 2.75) is 45.3 Å². The van der Waals surface area contributed by atoms with E-state index in [1.165, 1.54) is 12.1 Å². The van der Waals surface area contributed by atoms with Crippen LogP contribution >= 0.6 is 0 Å². The Balaban J connectivity index is 2.15. The van der Waals surface area contributed by atoms with Crippen molar-refractivity contribution in [3.05, 3.63) is 29.8 Å². The Morgan fingerprint density at radius 3 is 2.56 bits per heavy atom. The fourth-order valence-corrected chi connectivity index (χ4v) is 2.58. The first-order valence-electron chi connectivity index (χ1n) is 6.23. The lowest BCUT2D eigenvalue weighted by Gasteiger charge is -2.29. The normalized spacial score (nSPS) is 23.1. The number of alkyl halides is 3. The molecule has 1 aliphatic rings. The average molecular weight is 257 g/mol. The zero-order chi connectivity index (χ0) is 13.4. The van der Waals surface area contributed by atoms with Gasteiger partial charge in [0.05, 0.1) is 5.56 Å². The van der Waals surface area contributed by atoms with Gasteiger partial charge in [-0.2, -0.15) is 13.2 Å². The van der Waals surface area contributed by atoms with E-state index in [1.54, 1.807) is 6.07 Å². The van der Waals surface area contributed by atoms with Crippen molar-refractivity contribution in [2.24, 2.45) is 5.41 Å². The second-order valence-corrected chi connectivity index (χ2v) is 5.66. The topological polar surface area (TPSA) is 12.0 Å². The van der Waals surface area contributed by atoms with Crippen LogP contribution in [0.1, 0.15) is 38.7 Å². The summed E-state index contributed by atoms with van der Waals surface area (Å²) in [5.41, 5.74) is 0.113. The van der Waals surface area contributed by atoms with Crippen LogP contribution in [-0.4, -0.2) is 6.04 Å². The molecule has 0 saturated heterocycles. The molecule has 1 nitrogen and oxygen atoms in total. The second kappa shape index (κ2) is 4.48. The molecule has 1 N–H and O–H groups in total. The Labute approximate surface area is 105 Å². The number of nitrogens with one attached hydrogen (secondary N) is 1. The van der Waals surface area contributed by atoms with E-state index in [0.29, 0.717) is 5.69 Å². The number of anilines is 1. The minimum absolute atomic E-state index is 0.147. The summed E-state index contributed by atoms with van der Waals surface area (Å²) in [6.45, 7) is 4.32. The van der Waals surface area contributed by atoms with E-state index in [1.807, 2.05) is 0 Å². The summed E-state index contributed by atoms with van der Waals surface area (Å²) in [5, 5.41) is 3.24. The molecule has 1 aromatic carbocycles. The van der Waals surface area contributed by atoms with Gasteiger partial charge in [0.1, 0.15) is 0 Å². The molecule has 2 rings (SSSR count). The van der Waals surface area contributed by atoms with E-state index in [2.05, 4.69) is 19.2 Å². The first-order valence-corrected chi connectivity index (χ1v) is 6.23. The summed E-state index contributed by atoms with van der Waals surface area (Å²) in [6, 6.07) is 5.69. The first kappa shape index (κ1) is 13.2. The van der Waals surface area contributed by atoms with Gasteiger partial charge in [0.15, 0.2) is 0 Å². The third kappa shape index (κ3) is 2.79. The molecular weight excluding hydrogens is 239 g/mol. The zero-order valence-corrected chi connectivity index (χ0v) is 10.6. The Bertz CT molecular complexity index is 423. The molecular formula is C14H18F3N. The molecule has 0 spiro atoms. The van der Waals surface area contributed by atoms with Gasteiger partial charge in [-0.15, -0.1) is 0 Å². The molecule has 0 aromatic heterocycles. The van der Waals surface area contributed by atoms with Gasteiger partial charge >= 0.3 is 6.18 Å². The molecule has 0 bridgehead atoms. The van der Waals surface area contributed by atoms with Gasteiger partial charge in [0.25, 0.3) is 0 Å². The number of rotatable bonds is 2.